The van der Waals surface area contributed by atoms with E-state index in [9.17, 15) is 14.7 Å². The van der Waals surface area contributed by atoms with E-state index in [2.05, 4.69) is 5.32 Å². The van der Waals surface area contributed by atoms with Gasteiger partial charge in [0.2, 0.25) is 0 Å². The summed E-state index contributed by atoms with van der Waals surface area (Å²) in [5, 5.41) is 21.3. The van der Waals surface area contributed by atoms with Crippen molar-refractivity contribution in [2.45, 2.75) is 31.6 Å². The van der Waals surface area contributed by atoms with Gasteiger partial charge in [-0.25, -0.2) is 0 Å². The van der Waals surface area contributed by atoms with Crippen LogP contribution >= 0.6 is 0 Å². The van der Waals surface area contributed by atoms with Gasteiger partial charge in [-0.2, -0.15) is 0 Å². The maximum Gasteiger partial charge on any atom is 0.305 e. The Morgan fingerprint density at radius 2 is 2.25 bits per heavy atom. The number of hydrogen-bond donors (Lipinski definition) is 4. The number of aliphatic hydroxyl groups is 1. The Labute approximate surface area is 115 Å². The predicted molar refractivity (Wildman–Crippen MR) is 70.3 cm³/mol. The average molecular weight is 280 g/mol. The third-order valence-corrected chi connectivity index (χ3v) is 3.09. The highest BCUT2D eigenvalue weighted by Gasteiger charge is 2.26. The second kappa shape index (κ2) is 5.48. The monoisotopic (exact) mass is 280 g/mol. The molecule has 108 valence electrons. The molecular weight excluding hydrogens is 264 g/mol. The highest BCUT2D eigenvalue weighted by molar-refractivity contribution is 5.97. The highest BCUT2D eigenvalue weighted by atomic mass is 16.5. The zero-order valence-electron chi connectivity index (χ0n) is 10.9. The number of ether oxygens (including phenoxy) is 1. The number of carboxylic acid groups (broad SMARTS) is 1. The normalized spacial score (nSPS) is 20.4. The van der Waals surface area contributed by atoms with Crippen LogP contribution in [-0.2, 0) is 9.59 Å². The first-order valence-electron chi connectivity index (χ1n) is 6.15. The molecule has 1 aliphatic heterocycles. The van der Waals surface area contributed by atoms with Crippen LogP contribution in [0.25, 0.3) is 0 Å². The Morgan fingerprint density at radius 3 is 2.90 bits per heavy atom. The molecule has 0 bridgehead atoms. The van der Waals surface area contributed by atoms with Crippen molar-refractivity contribution >= 4 is 17.6 Å². The molecule has 0 spiro atoms. The summed E-state index contributed by atoms with van der Waals surface area (Å²) in [6.07, 6.45) is -2.06. The molecule has 5 N–H and O–H groups in total. The van der Waals surface area contributed by atoms with Crippen LogP contribution in [0.2, 0.25) is 0 Å². The Balaban J connectivity index is 2.21. The zero-order chi connectivity index (χ0) is 14.9. The van der Waals surface area contributed by atoms with Crippen molar-refractivity contribution in [3.63, 3.8) is 0 Å². The standard InChI is InChI=1S/C13H16N2O5/c1-6-13(19)15-9-4-7(2-3-10(9)20-6)12(18)8(14)5-11(16)17/h2-4,6,8,12,18H,5,14H2,1H3,(H,15,19)(H,16,17). The molecule has 1 aromatic rings. The predicted octanol–water partition coefficient (Wildman–Crippen LogP) is 0.241. The van der Waals surface area contributed by atoms with Gasteiger partial charge in [0.25, 0.3) is 5.91 Å². The lowest BCUT2D eigenvalue weighted by Gasteiger charge is -2.25. The van der Waals surface area contributed by atoms with Crippen LogP contribution in [0.1, 0.15) is 25.0 Å². The van der Waals surface area contributed by atoms with Gasteiger partial charge in [0.1, 0.15) is 5.75 Å². The summed E-state index contributed by atoms with van der Waals surface area (Å²) in [7, 11) is 0. The quantitative estimate of drug-likeness (QED) is 0.626. The summed E-state index contributed by atoms with van der Waals surface area (Å²) in [6, 6.07) is 3.81. The third-order valence-electron chi connectivity index (χ3n) is 3.09. The van der Waals surface area contributed by atoms with Crippen LogP contribution < -0.4 is 15.8 Å². The van der Waals surface area contributed by atoms with Crippen LogP contribution in [0, 0.1) is 0 Å². The third kappa shape index (κ3) is 2.89. The van der Waals surface area contributed by atoms with E-state index in [1.165, 1.54) is 6.07 Å². The number of rotatable bonds is 4. The second-order valence-corrected chi connectivity index (χ2v) is 4.71. The fraction of sp³-hybridized carbons (Fsp3) is 0.385. The molecule has 3 unspecified atom stereocenters. The van der Waals surface area contributed by atoms with Gasteiger partial charge >= 0.3 is 5.97 Å². The number of carbonyl (C=O) groups is 2. The molecule has 1 aromatic carbocycles. The molecular formula is C13H16N2O5. The van der Waals surface area contributed by atoms with Gasteiger partial charge in [-0.05, 0) is 24.6 Å². The van der Waals surface area contributed by atoms with E-state index >= 15 is 0 Å². The lowest BCUT2D eigenvalue weighted by molar-refractivity contribution is -0.138. The van der Waals surface area contributed by atoms with E-state index in [-0.39, 0.29) is 12.3 Å². The van der Waals surface area contributed by atoms with Gasteiger partial charge < -0.3 is 26.0 Å². The summed E-state index contributed by atoms with van der Waals surface area (Å²) >= 11 is 0. The topological polar surface area (TPSA) is 122 Å². The van der Waals surface area contributed by atoms with Gasteiger partial charge in [-0.1, -0.05) is 6.07 Å². The number of nitrogens with one attached hydrogen (secondary N) is 1. The van der Waals surface area contributed by atoms with E-state index in [0.717, 1.165) is 0 Å². The van der Waals surface area contributed by atoms with Crippen molar-refractivity contribution in [2.24, 2.45) is 5.73 Å². The molecule has 0 aliphatic carbocycles. The van der Waals surface area contributed by atoms with Crippen molar-refractivity contribution < 1.29 is 24.5 Å². The van der Waals surface area contributed by atoms with Crippen LogP contribution in [0.5, 0.6) is 5.75 Å². The number of carboxylic acids is 1. The van der Waals surface area contributed by atoms with Gasteiger partial charge in [0.15, 0.2) is 6.10 Å². The Morgan fingerprint density at radius 1 is 1.55 bits per heavy atom. The lowest BCUT2D eigenvalue weighted by atomic mass is 9.99. The maximum absolute atomic E-state index is 11.5. The second-order valence-electron chi connectivity index (χ2n) is 4.71. The van der Waals surface area contributed by atoms with E-state index in [1.54, 1.807) is 19.1 Å². The molecule has 1 amide bonds. The Hall–Kier alpha value is -2.12. The maximum atomic E-state index is 11.5. The van der Waals surface area contributed by atoms with Gasteiger partial charge in [0.05, 0.1) is 18.2 Å². The van der Waals surface area contributed by atoms with Crippen molar-refractivity contribution in [3.8, 4) is 5.75 Å². The molecule has 7 nitrogen and oxygen atoms in total. The summed E-state index contributed by atoms with van der Waals surface area (Å²) in [6.45, 7) is 1.63. The number of amides is 1. The minimum absolute atomic E-state index is 0.279. The van der Waals surface area contributed by atoms with Crippen LogP contribution in [0.3, 0.4) is 0 Å². The molecule has 7 heteroatoms. The molecule has 20 heavy (non-hydrogen) atoms. The van der Waals surface area contributed by atoms with Gasteiger partial charge in [-0.3, -0.25) is 9.59 Å². The van der Waals surface area contributed by atoms with Crippen molar-refractivity contribution in [2.75, 3.05) is 5.32 Å². The smallest absolute Gasteiger partial charge is 0.305 e. The number of anilines is 1. The summed E-state index contributed by atoms with van der Waals surface area (Å²) < 4.78 is 5.38. The largest absolute Gasteiger partial charge is 0.481 e. The Bertz CT molecular complexity index is 546. The van der Waals surface area contributed by atoms with Gasteiger partial charge in [-0.15, -0.1) is 0 Å². The first kappa shape index (κ1) is 14.3. The molecule has 1 aliphatic rings. The molecule has 0 aromatic heterocycles. The SMILES string of the molecule is CC1Oc2ccc(C(O)C(N)CC(=O)O)cc2NC1=O. The molecule has 0 saturated heterocycles. The van der Waals surface area contributed by atoms with E-state index in [1.807, 2.05) is 0 Å². The minimum atomic E-state index is -1.13. The number of fused-ring (bicyclic) bond motifs is 1. The molecule has 0 radical (unpaired) electrons. The average Bonchev–Trinajstić information content (AvgIpc) is 2.38. The fourth-order valence-corrected chi connectivity index (χ4v) is 1.97. The number of carbonyl (C=O) groups excluding carboxylic acids is 1. The van der Waals surface area contributed by atoms with E-state index in [0.29, 0.717) is 17.0 Å². The summed E-state index contributed by atoms with van der Waals surface area (Å²) in [5.74, 6) is -0.862. The van der Waals surface area contributed by atoms with Crippen molar-refractivity contribution in [1.29, 1.82) is 0 Å². The first-order valence-corrected chi connectivity index (χ1v) is 6.15. The van der Waals surface area contributed by atoms with Crippen LogP contribution in [-0.4, -0.2) is 34.2 Å². The molecule has 1 heterocycles. The summed E-state index contributed by atoms with van der Waals surface area (Å²) in [4.78, 5) is 22.1. The number of hydrogen-bond acceptors (Lipinski definition) is 5. The van der Waals surface area contributed by atoms with Crippen molar-refractivity contribution in [1.82, 2.24) is 0 Å². The molecule has 0 saturated carbocycles. The van der Waals surface area contributed by atoms with E-state index in [4.69, 9.17) is 15.6 Å². The minimum Gasteiger partial charge on any atom is -0.481 e. The zero-order valence-corrected chi connectivity index (χ0v) is 10.9. The first-order chi connectivity index (χ1) is 9.38. The van der Waals surface area contributed by atoms with Crippen molar-refractivity contribution in [3.05, 3.63) is 23.8 Å². The number of aliphatic carboxylic acids is 1. The number of aliphatic hydroxyl groups excluding tert-OH is 1. The summed E-state index contributed by atoms with van der Waals surface area (Å²) in [5.41, 5.74) is 6.49. The van der Waals surface area contributed by atoms with Crippen LogP contribution in [0.4, 0.5) is 5.69 Å². The van der Waals surface area contributed by atoms with Gasteiger partial charge in [0, 0.05) is 6.04 Å². The lowest BCUT2D eigenvalue weighted by Crippen LogP contribution is -2.35. The van der Waals surface area contributed by atoms with Crippen LogP contribution in [0.15, 0.2) is 18.2 Å². The highest BCUT2D eigenvalue weighted by Crippen LogP contribution is 2.32. The molecule has 2 rings (SSSR count). The number of nitrogens with two attached hydrogens (primary N) is 1. The number of benzene rings is 1. The molecule has 3 atom stereocenters. The molecule has 0 fully saturated rings. The fourth-order valence-electron chi connectivity index (χ4n) is 1.97. The van der Waals surface area contributed by atoms with E-state index < -0.39 is 24.2 Å². The Kier molecular flexibility index (Phi) is 3.91.